The van der Waals surface area contributed by atoms with Crippen molar-refractivity contribution >= 4 is 44.0 Å². The number of amides is 1. The summed E-state index contributed by atoms with van der Waals surface area (Å²) >= 11 is 6.22. The SMILES string of the molecule is O=C(Nc1ccc2cncc(Cl)c2c1)[C@@H]1C[C@H]1c1ccc(S(=O)(=O)[N+]#CC2CCCNC2)cc1. The van der Waals surface area contributed by atoms with Crippen LogP contribution in [0.15, 0.2) is 59.8 Å². The Morgan fingerprint density at radius 1 is 1.18 bits per heavy atom. The molecule has 2 aliphatic rings. The topological polar surface area (TPSA) is 92.5 Å². The molecule has 34 heavy (non-hydrogen) atoms. The third-order valence-electron chi connectivity index (χ3n) is 6.37. The number of aromatic nitrogens is 1. The highest BCUT2D eigenvalue weighted by atomic mass is 35.5. The maximum Gasteiger partial charge on any atom is 0.510 e. The van der Waals surface area contributed by atoms with E-state index in [9.17, 15) is 13.2 Å². The number of carbonyl (C=O) groups excluding carboxylic acids is 1. The summed E-state index contributed by atoms with van der Waals surface area (Å²) in [5.74, 6) is -0.139. The van der Waals surface area contributed by atoms with E-state index >= 15 is 0 Å². The predicted octanol–water partition coefficient (Wildman–Crippen LogP) is 4.65. The lowest BCUT2D eigenvalue weighted by molar-refractivity contribution is -0.117. The molecule has 1 saturated heterocycles. The van der Waals surface area contributed by atoms with Crippen LogP contribution in [-0.2, 0) is 14.8 Å². The van der Waals surface area contributed by atoms with E-state index in [0.717, 1.165) is 42.1 Å². The molecule has 2 N–H and O–H groups in total. The van der Waals surface area contributed by atoms with Gasteiger partial charge >= 0.3 is 16.1 Å². The highest BCUT2D eigenvalue weighted by molar-refractivity contribution is 7.93. The van der Waals surface area contributed by atoms with Gasteiger partial charge in [-0.25, -0.2) is 0 Å². The van der Waals surface area contributed by atoms with Gasteiger partial charge < -0.3 is 10.6 Å². The van der Waals surface area contributed by atoms with Crippen molar-refractivity contribution in [3.63, 3.8) is 0 Å². The molecule has 1 aromatic heterocycles. The molecule has 0 radical (unpaired) electrons. The third-order valence-corrected chi connectivity index (χ3v) is 7.88. The van der Waals surface area contributed by atoms with Gasteiger partial charge in [-0.15, -0.1) is 8.42 Å². The average Bonchev–Trinajstić information content (AvgIpc) is 3.65. The minimum Gasteiger partial charge on any atom is -0.326 e. The first-order valence-electron chi connectivity index (χ1n) is 11.3. The van der Waals surface area contributed by atoms with E-state index in [0.29, 0.717) is 17.3 Å². The molecule has 1 saturated carbocycles. The maximum absolute atomic E-state index is 12.8. The fourth-order valence-corrected chi connectivity index (χ4v) is 5.43. The number of hydrogen-bond donors (Lipinski definition) is 2. The molecule has 2 aromatic carbocycles. The number of pyridine rings is 1. The normalized spacial score (nSPS) is 22.0. The van der Waals surface area contributed by atoms with Gasteiger partial charge in [-0.3, -0.25) is 9.78 Å². The van der Waals surface area contributed by atoms with Gasteiger partial charge in [0, 0.05) is 41.3 Å². The molecular formula is C25H24ClN4O3S+. The molecule has 1 aliphatic carbocycles. The quantitative estimate of drug-likeness (QED) is 0.549. The van der Waals surface area contributed by atoms with Gasteiger partial charge in [0.15, 0.2) is 4.90 Å². The number of sulfonamides is 1. The number of halogens is 1. The van der Waals surface area contributed by atoms with Crippen molar-refractivity contribution < 1.29 is 13.2 Å². The number of fused-ring (bicyclic) bond motifs is 1. The summed E-state index contributed by atoms with van der Waals surface area (Å²) in [6, 6.07) is 15.0. The van der Waals surface area contributed by atoms with Gasteiger partial charge in [0.25, 0.3) is 0 Å². The molecule has 1 unspecified atom stereocenters. The molecule has 1 amide bonds. The molecule has 1 aliphatic heterocycles. The number of hydrogen-bond acceptors (Lipinski definition) is 5. The Balaban J connectivity index is 1.23. The molecule has 0 bridgehead atoms. The lowest BCUT2D eigenvalue weighted by Crippen LogP contribution is -2.28. The predicted molar refractivity (Wildman–Crippen MR) is 133 cm³/mol. The molecule has 7 nitrogen and oxygen atoms in total. The minimum absolute atomic E-state index is 0.0174. The number of benzene rings is 2. The van der Waals surface area contributed by atoms with Crippen molar-refractivity contribution in [2.75, 3.05) is 18.4 Å². The highest BCUT2D eigenvalue weighted by Crippen LogP contribution is 2.48. The van der Waals surface area contributed by atoms with E-state index in [4.69, 9.17) is 11.6 Å². The van der Waals surface area contributed by atoms with Crippen LogP contribution >= 0.6 is 11.6 Å². The highest BCUT2D eigenvalue weighted by Gasteiger charge is 2.44. The van der Waals surface area contributed by atoms with Crippen LogP contribution in [0.25, 0.3) is 15.0 Å². The third kappa shape index (κ3) is 4.92. The Morgan fingerprint density at radius 3 is 2.76 bits per heavy atom. The molecule has 2 fully saturated rings. The molecule has 0 spiro atoms. The summed E-state index contributed by atoms with van der Waals surface area (Å²) in [4.78, 5) is 17.0. The van der Waals surface area contributed by atoms with Gasteiger partial charge in [-0.2, -0.15) is 0 Å². The van der Waals surface area contributed by atoms with Crippen LogP contribution in [-0.4, -0.2) is 32.4 Å². The Bertz CT molecular complexity index is 1410. The summed E-state index contributed by atoms with van der Waals surface area (Å²) in [5.41, 5.74) is 1.62. The second kappa shape index (κ2) is 9.34. The summed E-state index contributed by atoms with van der Waals surface area (Å²) in [5, 5.41) is 8.45. The fraction of sp³-hybridized carbons (Fsp3) is 0.320. The zero-order valence-corrected chi connectivity index (χ0v) is 19.9. The monoisotopic (exact) mass is 495 g/mol. The van der Waals surface area contributed by atoms with Crippen LogP contribution in [0.5, 0.6) is 0 Å². The standard InChI is InChI=1S/C25H23ClN4O3S/c26-24-15-28-14-18-3-6-19(10-22(18)24)30-25(31)23-11-21(23)17-4-7-20(8-5-17)34(32,33)29-13-16-2-1-9-27-12-16/h3-8,10,14-16,21,23,27H,1-2,9,11-12H2/p+1/t16?,21-,23+/m0/s1. The van der Waals surface area contributed by atoms with Crippen molar-refractivity contribution in [1.82, 2.24) is 10.3 Å². The van der Waals surface area contributed by atoms with Gasteiger partial charge in [0.2, 0.25) is 5.91 Å². The number of nitrogens with zero attached hydrogens (tertiary/aromatic N) is 2. The van der Waals surface area contributed by atoms with Gasteiger partial charge in [0.05, 0.1) is 9.27 Å². The molecule has 3 atom stereocenters. The first kappa shape index (κ1) is 22.8. The Hall–Kier alpha value is -2.99. The second-order valence-electron chi connectivity index (χ2n) is 8.80. The number of anilines is 1. The zero-order chi connectivity index (χ0) is 23.7. The molecule has 9 heteroatoms. The van der Waals surface area contributed by atoms with Crippen LogP contribution in [0.2, 0.25) is 5.02 Å². The number of carbonyl (C=O) groups is 1. The van der Waals surface area contributed by atoms with E-state index < -0.39 is 10.0 Å². The van der Waals surface area contributed by atoms with Crippen LogP contribution in [0.4, 0.5) is 5.69 Å². The summed E-state index contributed by atoms with van der Waals surface area (Å²) in [6.45, 7) is 1.65. The van der Waals surface area contributed by atoms with E-state index in [-0.39, 0.29) is 28.6 Å². The van der Waals surface area contributed by atoms with Crippen molar-refractivity contribution in [2.24, 2.45) is 11.8 Å². The number of nitrogens with one attached hydrogen (secondary N) is 2. The Morgan fingerprint density at radius 2 is 2.00 bits per heavy atom. The number of piperidine rings is 1. The summed E-state index contributed by atoms with van der Waals surface area (Å²) < 4.78 is 28.8. The van der Waals surface area contributed by atoms with Crippen LogP contribution < -0.4 is 10.6 Å². The van der Waals surface area contributed by atoms with E-state index in [1.807, 2.05) is 18.2 Å². The lowest BCUT2D eigenvalue weighted by atomic mass is 10.0. The summed E-state index contributed by atoms with van der Waals surface area (Å²) in [6.07, 6.45) is 5.90. The number of rotatable bonds is 4. The second-order valence-corrected chi connectivity index (χ2v) is 10.8. The average molecular weight is 496 g/mol. The van der Waals surface area contributed by atoms with Gasteiger partial charge in [0.1, 0.15) is 5.92 Å². The lowest BCUT2D eigenvalue weighted by Gasteiger charge is -2.13. The van der Waals surface area contributed by atoms with Gasteiger partial charge in [-0.05, 0) is 61.6 Å². The maximum atomic E-state index is 12.8. The van der Waals surface area contributed by atoms with Crippen LogP contribution in [0.3, 0.4) is 0 Å². The zero-order valence-electron chi connectivity index (χ0n) is 18.4. The molecule has 3 aromatic rings. The smallest absolute Gasteiger partial charge is 0.326 e. The van der Waals surface area contributed by atoms with Crippen LogP contribution in [0.1, 0.15) is 30.7 Å². The fourth-order valence-electron chi connectivity index (χ4n) is 4.34. The van der Waals surface area contributed by atoms with Crippen molar-refractivity contribution in [3.8, 4) is 6.07 Å². The Labute approximate surface area is 203 Å². The first-order valence-corrected chi connectivity index (χ1v) is 13.1. The molecular weight excluding hydrogens is 472 g/mol. The van der Waals surface area contributed by atoms with E-state index in [2.05, 4.69) is 25.9 Å². The molecule has 174 valence electrons. The molecule has 2 heterocycles. The summed E-state index contributed by atoms with van der Waals surface area (Å²) in [7, 11) is -3.78. The Kier molecular flexibility index (Phi) is 6.26. The van der Waals surface area contributed by atoms with Crippen molar-refractivity contribution in [2.45, 2.75) is 30.1 Å². The van der Waals surface area contributed by atoms with Crippen LogP contribution in [0, 0.1) is 17.9 Å². The largest absolute Gasteiger partial charge is 0.510 e. The van der Waals surface area contributed by atoms with E-state index in [1.165, 1.54) is 0 Å². The van der Waals surface area contributed by atoms with E-state index in [1.54, 1.807) is 36.7 Å². The minimum atomic E-state index is -3.78. The van der Waals surface area contributed by atoms with Crippen molar-refractivity contribution in [1.29, 1.82) is 0 Å². The first-order chi connectivity index (χ1) is 16.4. The van der Waals surface area contributed by atoms with Gasteiger partial charge in [-0.1, -0.05) is 29.8 Å². The molecule has 5 rings (SSSR count). The van der Waals surface area contributed by atoms with Crippen molar-refractivity contribution in [3.05, 3.63) is 69.7 Å².